The van der Waals surface area contributed by atoms with E-state index in [2.05, 4.69) is 22.5 Å². The van der Waals surface area contributed by atoms with Crippen LogP contribution in [0.5, 0.6) is 0 Å². The first-order valence-electron chi connectivity index (χ1n) is 4.87. The summed E-state index contributed by atoms with van der Waals surface area (Å²) < 4.78 is 31.9. The molecule has 0 aliphatic rings. The van der Waals surface area contributed by atoms with E-state index in [4.69, 9.17) is 4.74 Å². The summed E-state index contributed by atoms with van der Waals surface area (Å²) in [4.78, 5) is 0. The van der Waals surface area contributed by atoms with Crippen LogP contribution in [0.1, 0.15) is 0 Å². The number of ether oxygens (including phenoxy) is 1. The second kappa shape index (κ2) is 6.65. The van der Waals surface area contributed by atoms with Crippen LogP contribution < -0.4 is 0 Å². The number of sulfonamides is 1. The number of thiophene rings is 1. The molecule has 1 heterocycles. The highest BCUT2D eigenvalue weighted by Gasteiger charge is 2.24. The maximum Gasteiger partial charge on any atom is 0.252 e. The van der Waals surface area contributed by atoms with E-state index >= 15 is 0 Å². The number of methoxy groups -OCH3 is 1. The van der Waals surface area contributed by atoms with Gasteiger partial charge in [0.05, 0.1) is 10.4 Å². The van der Waals surface area contributed by atoms with Gasteiger partial charge in [0.25, 0.3) is 10.0 Å². The number of nitrogens with zero attached hydrogens (tertiary/aromatic N) is 1. The van der Waals surface area contributed by atoms with Crippen LogP contribution in [0.2, 0.25) is 0 Å². The predicted octanol–water partition coefficient (Wildman–Crippen LogP) is 2.33. The Morgan fingerprint density at radius 2 is 2.29 bits per heavy atom. The second-order valence-corrected chi connectivity index (χ2v) is 7.83. The van der Waals surface area contributed by atoms with E-state index in [0.29, 0.717) is 17.4 Å². The fraction of sp³-hybridized carbons (Fsp3) is 0.400. The minimum Gasteiger partial charge on any atom is -0.383 e. The maximum absolute atomic E-state index is 12.3. The lowest BCUT2D eigenvalue weighted by molar-refractivity contribution is 0.182. The van der Waals surface area contributed by atoms with Gasteiger partial charge in [-0.05, 0) is 28.1 Å². The van der Waals surface area contributed by atoms with Crippen molar-refractivity contribution < 1.29 is 13.2 Å². The first-order chi connectivity index (χ1) is 8.02. The van der Waals surface area contributed by atoms with Crippen molar-refractivity contribution in [2.75, 3.05) is 26.8 Å². The summed E-state index contributed by atoms with van der Waals surface area (Å²) in [5, 5.41) is 0. The Balaban J connectivity index is 2.95. The summed E-state index contributed by atoms with van der Waals surface area (Å²) in [5.41, 5.74) is 0. The number of hydrogen-bond donors (Lipinski definition) is 0. The van der Waals surface area contributed by atoms with Gasteiger partial charge in [-0.25, -0.2) is 8.42 Å². The summed E-state index contributed by atoms with van der Waals surface area (Å²) in [6.45, 7) is 4.53. The zero-order valence-electron chi connectivity index (χ0n) is 9.43. The van der Waals surface area contributed by atoms with Crippen LogP contribution in [0.3, 0.4) is 0 Å². The van der Waals surface area contributed by atoms with Crippen molar-refractivity contribution in [1.82, 2.24) is 4.31 Å². The first-order valence-corrected chi connectivity index (χ1v) is 7.92. The van der Waals surface area contributed by atoms with Gasteiger partial charge in [-0.15, -0.1) is 17.9 Å². The molecular weight excluding hydrogens is 326 g/mol. The van der Waals surface area contributed by atoms with E-state index in [1.165, 1.54) is 15.6 Å². The minimum atomic E-state index is -3.44. The van der Waals surface area contributed by atoms with Crippen LogP contribution >= 0.6 is 27.3 Å². The lowest BCUT2D eigenvalue weighted by atomic mass is 10.6. The lowest BCUT2D eigenvalue weighted by Crippen LogP contribution is -2.33. The Morgan fingerprint density at radius 1 is 1.59 bits per heavy atom. The summed E-state index contributed by atoms with van der Waals surface area (Å²) in [5.74, 6) is 0. The van der Waals surface area contributed by atoms with Gasteiger partial charge in [-0.3, -0.25) is 0 Å². The fourth-order valence-corrected chi connectivity index (χ4v) is 4.77. The zero-order chi connectivity index (χ0) is 12.9. The number of halogens is 1. The van der Waals surface area contributed by atoms with Gasteiger partial charge < -0.3 is 4.74 Å². The fourth-order valence-electron chi connectivity index (χ4n) is 1.21. The molecule has 0 N–H and O–H groups in total. The molecule has 0 amide bonds. The summed E-state index contributed by atoms with van der Waals surface area (Å²) >= 11 is 4.45. The molecule has 0 saturated heterocycles. The van der Waals surface area contributed by atoms with Crippen LogP contribution in [0, 0.1) is 0 Å². The van der Waals surface area contributed by atoms with E-state index in [9.17, 15) is 8.42 Å². The second-order valence-electron chi connectivity index (χ2n) is 3.20. The SMILES string of the molecule is C=CCN(CCOC)S(=O)(=O)c1ccc(Br)s1. The lowest BCUT2D eigenvalue weighted by Gasteiger charge is -2.19. The molecule has 0 fully saturated rings. The molecule has 96 valence electrons. The number of rotatable bonds is 7. The molecule has 0 atom stereocenters. The van der Waals surface area contributed by atoms with Crippen molar-refractivity contribution in [2.45, 2.75) is 4.21 Å². The van der Waals surface area contributed by atoms with Gasteiger partial charge in [0, 0.05) is 20.2 Å². The predicted molar refractivity (Wildman–Crippen MR) is 72.9 cm³/mol. The zero-order valence-corrected chi connectivity index (χ0v) is 12.6. The molecule has 1 aromatic heterocycles. The molecule has 0 saturated carbocycles. The van der Waals surface area contributed by atoms with Gasteiger partial charge in [0.1, 0.15) is 4.21 Å². The first kappa shape index (κ1) is 14.8. The van der Waals surface area contributed by atoms with E-state index in [-0.39, 0.29) is 6.54 Å². The molecule has 0 radical (unpaired) electrons. The van der Waals surface area contributed by atoms with Gasteiger partial charge >= 0.3 is 0 Å². The van der Waals surface area contributed by atoms with Crippen molar-refractivity contribution in [3.63, 3.8) is 0 Å². The average Bonchev–Trinajstić information content (AvgIpc) is 2.71. The molecule has 4 nitrogen and oxygen atoms in total. The topological polar surface area (TPSA) is 46.6 Å². The van der Waals surface area contributed by atoms with Crippen LogP contribution in [0.15, 0.2) is 32.8 Å². The van der Waals surface area contributed by atoms with Crippen LogP contribution in [0.4, 0.5) is 0 Å². The highest BCUT2D eigenvalue weighted by Crippen LogP contribution is 2.28. The summed E-state index contributed by atoms with van der Waals surface area (Å²) in [7, 11) is -1.90. The number of hydrogen-bond acceptors (Lipinski definition) is 4. The molecular formula is C10H14BrNO3S2. The normalized spacial score (nSPS) is 11.9. The van der Waals surface area contributed by atoms with E-state index in [0.717, 1.165) is 3.79 Å². The third kappa shape index (κ3) is 3.89. The Morgan fingerprint density at radius 3 is 2.76 bits per heavy atom. The molecule has 1 rings (SSSR count). The van der Waals surface area contributed by atoms with Crippen molar-refractivity contribution in [1.29, 1.82) is 0 Å². The van der Waals surface area contributed by atoms with Crippen molar-refractivity contribution in [3.8, 4) is 0 Å². The molecule has 17 heavy (non-hydrogen) atoms. The summed E-state index contributed by atoms with van der Waals surface area (Å²) in [6, 6.07) is 3.31. The standard InChI is InChI=1S/C10H14BrNO3S2/c1-3-6-12(7-8-15-2)17(13,14)10-5-4-9(11)16-10/h3-5H,1,6-8H2,2H3. The third-order valence-corrected chi connectivity index (χ3v) is 5.98. The molecule has 0 aliphatic heterocycles. The van der Waals surface area contributed by atoms with Crippen LogP contribution in [0.25, 0.3) is 0 Å². The maximum atomic E-state index is 12.3. The smallest absolute Gasteiger partial charge is 0.252 e. The van der Waals surface area contributed by atoms with Gasteiger partial charge in [0.2, 0.25) is 0 Å². The quantitative estimate of drug-likeness (QED) is 0.716. The van der Waals surface area contributed by atoms with E-state index < -0.39 is 10.0 Å². The van der Waals surface area contributed by atoms with Crippen molar-refractivity contribution >= 4 is 37.3 Å². The van der Waals surface area contributed by atoms with Crippen molar-refractivity contribution in [3.05, 3.63) is 28.6 Å². The molecule has 0 aliphatic carbocycles. The van der Waals surface area contributed by atoms with Crippen LogP contribution in [-0.2, 0) is 14.8 Å². The van der Waals surface area contributed by atoms with E-state index in [1.807, 2.05) is 0 Å². The summed E-state index contributed by atoms with van der Waals surface area (Å²) in [6.07, 6.45) is 1.57. The van der Waals surface area contributed by atoms with Gasteiger partial charge in [-0.2, -0.15) is 4.31 Å². The Labute approximate surface area is 114 Å². The van der Waals surface area contributed by atoms with Crippen molar-refractivity contribution in [2.24, 2.45) is 0 Å². The molecule has 0 spiro atoms. The molecule has 1 aromatic rings. The Bertz CT molecular complexity index is 470. The largest absolute Gasteiger partial charge is 0.383 e. The molecule has 0 bridgehead atoms. The Kier molecular flexibility index (Phi) is 5.81. The molecule has 0 aromatic carbocycles. The van der Waals surface area contributed by atoms with E-state index in [1.54, 1.807) is 25.3 Å². The highest BCUT2D eigenvalue weighted by molar-refractivity contribution is 9.11. The third-order valence-electron chi connectivity index (χ3n) is 2.02. The Hall–Kier alpha value is -0.210. The van der Waals surface area contributed by atoms with Gasteiger partial charge in [0.15, 0.2) is 0 Å². The average molecular weight is 340 g/mol. The van der Waals surface area contributed by atoms with Crippen LogP contribution in [-0.4, -0.2) is 39.5 Å². The monoisotopic (exact) mass is 339 g/mol. The van der Waals surface area contributed by atoms with Gasteiger partial charge in [-0.1, -0.05) is 6.08 Å². The molecule has 0 unspecified atom stereocenters. The molecule has 7 heteroatoms. The minimum absolute atomic E-state index is 0.279. The highest BCUT2D eigenvalue weighted by atomic mass is 79.9.